The summed E-state index contributed by atoms with van der Waals surface area (Å²) >= 11 is 0. The Morgan fingerprint density at radius 3 is 2.72 bits per heavy atom. The molecule has 0 saturated carbocycles. The summed E-state index contributed by atoms with van der Waals surface area (Å²) in [7, 11) is 0. The van der Waals surface area contributed by atoms with Crippen LogP contribution in [-0.4, -0.2) is 70.2 Å². The molecule has 4 amide bonds. The first-order valence-corrected chi connectivity index (χ1v) is 15.5. The Hall–Kier alpha value is -4.05. The predicted octanol–water partition coefficient (Wildman–Crippen LogP) is 3.69. The molecule has 2 unspecified atom stereocenters. The second kappa shape index (κ2) is 10.9. The van der Waals surface area contributed by atoms with Gasteiger partial charge in [-0.25, -0.2) is 0 Å². The van der Waals surface area contributed by atoms with Crippen molar-refractivity contribution in [3.8, 4) is 0 Å². The van der Waals surface area contributed by atoms with Gasteiger partial charge in [0.1, 0.15) is 6.04 Å². The van der Waals surface area contributed by atoms with Crippen LogP contribution in [0.15, 0.2) is 42.7 Å². The molecule has 7 rings (SSSR count). The summed E-state index contributed by atoms with van der Waals surface area (Å²) in [5, 5.41) is 8.97. The Labute approximate surface area is 250 Å². The number of carbonyl (C=O) groups excluding carboxylic acids is 4. The quantitative estimate of drug-likeness (QED) is 0.425. The first-order chi connectivity index (χ1) is 20.8. The van der Waals surface area contributed by atoms with Gasteiger partial charge in [-0.15, -0.1) is 0 Å². The fourth-order valence-corrected chi connectivity index (χ4v) is 7.21. The summed E-state index contributed by atoms with van der Waals surface area (Å²) < 4.78 is 7.74. The largest absolute Gasteiger partial charge is 0.378 e. The van der Waals surface area contributed by atoms with E-state index in [4.69, 9.17) is 9.84 Å². The van der Waals surface area contributed by atoms with E-state index >= 15 is 0 Å². The minimum atomic E-state index is -0.700. The smallest absolute Gasteiger partial charge is 0.259 e. The van der Waals surface area contributed by atoms with Crippen LogP contribution in [0.2, 0.25) is 0 Å². The molecule has 0 bridgehead atoms. The van der Waals surface area contributed by atoms with Gasteiger partial charge in [0, 0.05) is 56.1 Å². The number of piperidine rings is 2. The summed E-state index contributed by atoms with van der Waals surface area (Å²) in [4.78, 5) is 54.2. The fraction of sp³-hybridized carbons (Fsp3) is 0.485. The van der Waals surface area contributed by atoms with Crippen molar-refractivity contribution in [1.82, 2.24) is 20.0 Å². The molecule has 10 nitrogen and oxygen atoms in total. The molecule has 0 spiro atoms. The molecule has 4 aliphatic rings. The van der Waals surface area contributed by atoms with Crippen LogP contribution in [0.1, 0.15) is 79.8 Å². The van der Waals surface area contributed by atoms with Crippen molar-refractivity contribution in [2.75, 3.05) is 24.6 Å². The third-order valence-corrected chi connectivity index (χ3v) is 9.82. The Balaban J connectivity index is 1.05. The third-order valence-electron chi connectivity index (χ3n) is 9.82. The first kappa shape index (κ1) is 27.8. The van der Waals surface area contributed by atoms with Gasteiger partial charge in [0.05, 0.1) is 23.5 Å². The molecule has 43 heavy (non-hydrogen) atoms. The minimum absolute atomic E-state index is 0.166. The van der Waals surface area contributed by atoms with Crippen molar-refractivity contribution in [3.05, 3.63) is 59.4 Å². The van der Waals surface area contributed by atoms with Gasteiger partial charge in [0.25, 0.3) is 5.91 Å². The van der Waals surface area contributed by atoms with Gasteiger partial charge in [0.2, 0.25) is 17.7 Å². The summed E-state index contributed by atoms with van der Waals surface area (Å²) in [6, 6.07) is 8.97. The zero-order valence-corrected chi connectivity index (χ0v) is 24.5. The van der Waals surface area contributed by atoms with Crippen LogP contribution in [0, 0.1) is 0 Å². The van der Waals surface area contributed by atoms with Crippen molar-refractivity contribution in [3.63, 3.8) is 0 Å². The van der Waals surface area contributed by atoms with Crippen LogP contribution in [0.5, 0.6) is 0 Å². The van der Waals surface area contributed by atoms with E-state index in [-0.39, 0.29) is 35.8 Å². The van der Waals surface area contributed by atoms with E-state index in [0.717, 1.165) is 73.7 Å². The zero-order chi connectivity index (χ0) is 29.7. The van der Waals surface area contributed by atoms with Gasteiger partial charge in [-0.2, -0.15) is 5.10 Å². The van der Waals surface area contributed by atoms with E-state index in [0.29, 0.717) is 30.5 Å². The molecule has 1 N–H and O–H groups in total. The molecule has 0 radical (unpaired) electrons. The monoisotopic (exact) mass is 583 g/mol. The Morgan fingerprint density at radius 2 is 1.95 bits per heavy atom. The number of nitrogens with one attached hydrogen (secondary N) is 1. The van der Waals surface area contributed by atoms with Crippen LogP contribution in [0.25, 0.3) is 10.8 Å². The number of benzene rings is 2. The standard InChI is InChI=1S/C33H37N5O5/c1-33(13-15-36(16-14-33)29(40)12-8-23-4-3-17-43-23)37-20-21(19-34-37)18-22-7-9-26-30-24(22)5-2-6-25(30)32(42)38(26)27-10-11-28(39)35-31(27)41/h2,5-7,9,19-20,23,27H,3-4,8,10-18H2,1H3,(H,35,39,41). The molecule has 3 aromatic rings. The maximum atomic E-state index is 13.5. The number of carbonyl (C=O) groups is 4. The highest BCUT2D eigenvalue weighted by Gasteiger charge is 2.41. The molecule has 4 aliphatic heterocycles. The van der Waals surface area contributed by atoms with Gasteiger partial charge in [-0.3, -0.25) is 34.1 Å². The van der Waals surface area contributed by atoms with Gasteiger partial charge in [-0.1, -0.05) is 18.2 Å². The molecule has 224 valence electrons. The molecular weight excluding hydrogens is 546 g/mol. The summed E-state index contributed by atoms with van der Waals surface area (Å²) in [6.45, 7) is 4.48. The summed E-state index contributed by atoms with van der Waals surface area (Å²) in [6.07, 6.45) is 10.7. The second-order valence-corrected chi connectivity index (χ2v) is 12.6. The lowest BCUT2D eigenvalue weighted by atomic mass is 9.89. The van der Waals surface area contributed by atoms with E-state index in [2.05, 4.69) is 23.1 Å². The minimum Gasteiger partial charge on any atom is -0.378 e. The lowest BCUT2D eigenvalue weighted by Gasteiger charge is -2.39. The van der Waals surface area contributed by atoms with E-state index in [1.807, 2.05) is 41.4 Å². The van der Waals surface area contributed by atoms with Gasteiger partial charge < -0.3 is 9.64 Å². The Kier molecular flexibility index (Phi) is 7.04. The highest BCUT2D eigenvalue weighted by molar-refractivity contribution is 6.27. The average Bonchev–Trinajstić information content (AvgIpc) is 3.76. The van der Waals surface area contributed by atoms with E-state index in [9.17, 15) is 19.2 Å². The Morgan fingerprint density at radius 1 is 1.12 bits per heavy atom. The average molecular weight is 584 g/mol. The normalized spacial score (nSPS) is 23.3. The molecule has 0 aliphatic carbocycles. The highest BCUT2D eigenvalue weighted by atomic mass is 16.5. The summed E-state index contributed by atoms with van der Waals surface area (Å²) in [5.41, 5.74) is 3.28. The number of hydrogen-bond acceptors (Lipinski definition) is 6. The summed E-state index contributed by atoms with van der Waals surface area (Å²) in [5.74, 6) is -0.709. The number of anilines is 1. The van der Waals surface area contributed by atoms with E-state index in [1.54, 1.807) is 4.90 Å². The van der Waals surface area contributed by atoms with E-state index in [1.165, 1.54) is 0 Å². The van der Waals surface area contributed by atoms with Crippen LogP contribution in [0.4, 0.5) is 5.69 Å². The topological polar surface area (TPSA) is 114 Å². The fourth-order valence-electron chi connectivity index (χ4n) is 7.21. The van der Waals surface area contributed by atoms with Crippen LogP contribution >= 0.6 is 0 Å². The van der Waals surface area contributed by atoms with Crippen molar-refractivity contribution in [2.45, 2.75) is 82.4 Å². The second-order valence-electron chi connectivity index (χ2n) is 12.6. The molecule has 3 fully saturated rings. The molecular formula is C33H37N5O5. The lowest BCUT2D eigenvalue weighted by molar-refractivity contribution is -0.135. The number of amides is 4. The number of hydrogen-bond donors (Lipinski definition) is 1. The molecule has 10 heteroatoms. The number of nitrogens with zero attached hydrogens (tertiary/aromatic N) is 4. The maximum Gasteiger partial charge on any atom is 0.259 e. The highest BCUT2D eigenvalue weighted by Crippen LogP contribution is 2.41. The maximum absolute atomic E-state index is 13.5. The van der Waals surface area contributed by atoms with Crippen molar-refractivity contribution < 1.29 is 23.9 Å². The van der Waals surface area contributed by atoms with Crippen molar-refractivity contribution >= 4 is 40.1 Å². The molecule has 5 heterocycles. The number of ether oxygens (including phenoxy) is 1. The Bertz CT molecular complexity index is 1610. The van der Waals surface area contributed by atoms with Crippen molar-refractivity contribution in [1.29, 1.82) is 0 Å². The molecule has 3 saturated heterocycles. The molecule has 1 aromatic heterocycles. The van der Waals surface area contributed by atoms with E-state index < -0.39 is 11.9 Å². The third kappa shape index (κ3) is 5.01. The predicted molar refractivity (Wildman–Crippen MR) is 160 cm³/mol. The molecule has 2 atom stereocenters. The number of rotatable bonds is 7. The van der Waals surface area contributed by atoms with Gasteiger partial charge in [-0.05, 0) is 74.1 Å². The number of imide groups is 1. The van der Waals surface area contributed by atoms with Crippen molar-refractivity contribution in [2.24, 2.45) is 0 Å². The first-order valence-electron chi connectivity index (χ1n) is 15.5. The number of likely N-dealkylation sites (tertiary alicyclic amines) is 1. The van der Waals surface area contributed by atoms with Gasteiger partial charge in [0.15, 0.2) is 0 Å². The molecule has 2 aromatic carbocycles. The zero-order valence-electron chi connectivity index (χ0n) is 24.5. The lowest BCUT2D eigenvalue weighted by Crippen LogP contribution is -2.53. The van der Waals surface area contributed by atoms with Crippen LogP contribution in [0.3, 0.4) is 0 Å². The number of aromatic nitrogens is 2. The SMILES string of the molecule is CC1(n2cc(Cc3ccc4c5c(cccc35)C(=O)N4C3CCC(=O)NC3=O)cn2)CCN(C(=O)CCC2CCCO2)CC1. The van der Waals surface area contributed by atoms with Crippen LogP contribution < -0.4 is 10.2 Å². The van der Waals surface area contributed by atoms with Crippen LogP contribution in [-0.2, 0) is 31.1 Å². The van der Waals surface area contributed by atoms with Gasteiger partial charge >= 0.3 is 0 Å².